The van der Waals surface area contributed by atoms with E-state index >= 15 is 0 Å². The van der Waals surface area contributed by atoms with E-state index in [0.29, 0.717) is 30.3 Å². The quantitative estimate of drug-likeness (QED) is 0.724. The van der Waals surface area contributed by atoms with E-state index in [9.17, 15) is 9.59 Å². The van der Waals surface area contributed by atoms with Gasteiger partial charge >= 0.3 is 6.03 Å². The number of piperidine rings is 1. The zero-order valence-electron chi connectivity index (χ0n) is 14.7. The molecule has 0 aliphatic carbocycles. The van der Waals surface area contributed by atoms with Gasteiger partial charge in [-0.1, -0.05) is 18.2 Å². The Morgan fingerprint density at radius 2 is 1.89 bits per heavy atom. The first kappa shape index (κ1) is 17.5. The SMILES string of the molecule is NC(=O)Nc1cccc(C(=O)N2CCC(c3nc4ccccc4s3)CC2)c1. The van der Waals surface area contributed by atoms with Gasteiger partial charge in [-0.3, -0.25) is 4.79 Å². The molecule has 3 N–H and O–H groups in total. The van der Waals surface area contributed by atoms with Gasteiger partial charge in [0.2, 0.25) is 0 Å². The van der Waals surface area contributed by atoms with Crippen LogP contribution in [0.15, 0.2) is 48.5 Å². The Bertz CT molecular complexity index is 959. The average Bonchev–Trinajstić information content (AvgIpc) is 3.11. The van der Waals surface area contributed by atoms with E-state index in [-0.39, 0.29) is 5.91 Å². The minimum absolute atomic E-state index is 0.0223. The average molecular weight is 380 g/mol. The fraction of sp³-hybridized carbons (Fsp3) is 0.250. The van der Waals surface area contributed by atoms with Crippen molar-refractivity contribution in [3.8, 4) is 0 Å². The van der Waals surface area contributed by atoms with Crippen LogP contribution >= 0.6 is 11.3 Å². The van der Waals surface area contributed by atoms with E-state index in [1.165, 1.54) is 4.70 Å². The molecule has 4 rings (SSSR count). The summed E-state index contributed by atoms with van der Waals surface area (Å²) in [5, 5.41) is 3.67. The van der Waals surface area contributed by atoms with E-state index in [2.05, 4.69) is 11.4 Å². The van der Waals surface area contributed by atoms with Crippen molar-refractivity contribution in [3.05, 3.63) is 59.1 Å². The number of urea groups is 1. The molecule has 0 bridgehead atoms. The number of nitrogens with two attached hydrogens (primary N) is 1. The number of primary amides is 1. The number of amides is 3. The molecule has 138 valence electrons. The Hall–Kier alpha value is -2.93. The predicted molar refractivity (Wildman–Crippen MR) is 107 cm³/mol. The van der Waals surface area contributed by atoms with Gasteiger partial charge in [0.05, 0.1) is 15.2 Å². The number of hydrogen-bond donors (Lipinski definition) is 2. The summed E-state index contributed by atoms with van der Waals surface area (Å²) < 4.78 is 1.21. The third-order valence-electron chi connectivity index (χ3n) is 4.82. The second kappa shape index (κ2) is 7.36. The third-order valence-corrected chi connectivity index (χ3v) is 6.02. The number of hydrogen-bond acceptors (Lipinski definition) is 4. The lowest BCUT2D eigenvalue weighted by molar-refractivity contribution is 0.0713. The zero-order valence-corrected chi connectivity index (χ0v) is 15.5. The molecule has 1 aliphatic heterocycles. The van der Waals surface area contributed by atoms with Crippen LogP contribution in [0.2, 0.25) is 0 Å². The number of nitrogens with zero attached hydrogens (tertiary/aromatic N) is 2. The number of nitrogens with one attached hydrogen (secondary N) is 1. The Morgan fingerprint density at radius 3 is 2.63 bits per heavy atom. The smallest absolute Gasteiger partial charge is 0.316 e. The predicted octanol–water partition coefficient (Wildman–Crippen LogP) is 3.81. The molecular formula is C20H20N4O2S. The van der Waals surface area contributed by atoms with Crippen molar-refractivity contribution < 1.29 is 9.59 Å². The van der Waals surface area contributed by atoms with Crippen LogP contribution in [0.3, 0.4) is 0 Å². The van der Waals surface area contributed by atoms with E-state index < -0.39 is 6.03 Å². The molecule has 1 aliphatic rings. The van der Waals surface area contributed by atoms with Crippen LogP contribution < -0.4 is 11.1 Å². The number of thiazole rings is 1. The summed E-state index contributed by atoms with van der Waals surface area (Å²) in [4.78, 5) is 30.4. The van der Waals surface area contributed by atoms with Gasteiger partial charge in [-0.2, -0.15) is 0 Å². The highest BCUT2D eigenvalue weighted by Crippen LogP contribution is 2.34. The van der Waals surface area contributed by atoms with Gasteiger partial charge in [-0.15, -0.1) is 11.3 Å². The van der Waals surface area contributed by atoms with Gasteiger partial charge in [0, 0.05) is 30.3 Å². The maximum Gasteiger partial charge on any atom is 0.316 e. The van der Waals surface area contributed by atoms with Crippen molar-refractivity contribution in [1.29, 1.82) is 0 Å². The van der Waals surface area contributed by atoms with E-state index in [1.807, 2.05) is 23.1 Å². The second-order valence-corrected chi connectivity index (χ2v) is 7.72. The van der Waals surface area contributed by atoms with Gasteiger partial charge in [0.25, 0.3) is 5.91 Å². The first-order valence-electron chi connectivity index (χ1n) is 8.91. The van der Waals surface area contributed by atoms with Crippen LogP contribution in [0.5, 0.6) is 0 Å². The van der Waals surface area contributed by atoms with Gasteiger partial charge in [-0.05, 0) is 43.2 Å². The molecule has 1 aromatic heterocycles. The largest absolute Gasteiger partial charge is 0.351 e. The Labute approximate surface area is 161 Å². The van der Waals surface area contributed by atoms with Crippen LogP contribution in [0.25, 0.3) is 10.2 Å². The van der Waals surface area contributed by atoms with Crippen molar-refractivity contribution in [2.75, 3.05) is 18.4 Å². The summed E-state index contributed by atoms with van der Waals surface area (Å²) in [5.74, 6) is 0.375. The zero-order chi connectivity index (χ0) is 18.8. The molecule has 6 nitrogen and oxygen atoms in total. The molecule has 0 unspecified atom stereocenters. The molecule has 7 heteroatoms. The lowest BCUT2D eigenvalue weighted by Gasteiger charge is -2.31. The molecule has 2 heterocycles. The minimum Gasteiger partial charge on any atom is -0.351 e. The summed E-state index contributed by atoms with van der Waals surface area (Å²) in [6.07, 6.45) is 1.82. The Kier molecular flexibility index (Phi) is 4.77. The minimum atomic E-state index is -0.642. The number of benzene rings is 2. The number of rotatable bonds is 3. The number of anilines is 1. The molecule has 27 heavy (non-hydrogen) atoms. The Balaban J connectivity index is 1.42. The molecule has 1 saturated heterocycles. The van der Waals surface area contributed by atoms with E-state index in [4.69, 9.17) is 10.7 Å². The molecular weight excluding hydrogens is 360 g/mol. The maximum atomic E-state index is 12.8. The number of likely N-dealkylation sites (tertiary alicyclic amines) is 1. The van der Waals surface area contributed by atoms with E-state index in [1.54, 1.807) is 35.6 Å². The molecule has 0 spiro atoms. The van der Waals surface area contributed by atoms with Gasteiger partial charge in [0.1, 0.15) is 0 Å². The Morgan fingerprint density at radius 1 is 1.11 bits per heavy atom. The summed E-state index contributed by atoms with van der Waals surface area (Å²) in [7, 11) is 0. The van der Waals surface area contributed by atoms with Crippen molar-refractivity contribution >= 4 is 39.2 Å². The monoisotopic (exact) mass is 380 g/mol. The summed E-state index contributed by atoms with van der Waals surface area (Å²) >= 11 is 1.75. The normalized spacial score (nSPS) is 15.0. The fourth-order valence-electron chi connectivity index (χ4n) is 3.45. The number of para-hydroxylation sites is 1. The summed E-state index contributed by atoms with van der Waals surface area (Å²) in [5.41, 5.74) is 7.27. The number of carbonyl (C=O) groups excluding carboxylic acids is 2. The van der Waals surface area contributed by atoms with Crippen LogP contribution in [0.1, 0.15) is 34.1 Å². The van der Waals surface area contributed by atoms with Crippen molar-refractivity contribution in [2.45, 2.75) is 18.8 Å². The van der Waals surface area contributed by atoms with Crippen LogP contribution in [-0.4, -0.2) is 34.9 Å². The lowest BCUT2D eigenvalue weighted by atomic mass is 9.97. The standard InChI is InChI=1S/C20H20N4O2S/c21-20(26)22-15-5-3-4-14(12-15)19(25)24-10-8-13(9-11-24)18-23-16-6-1-2-7-17(16)27-18/h1-7,12-13H,8-11H2,(H3,21,22,26). The third kappa shape index (κ3) is 3.78. The molecule has 3 amide bonds. The second-order valence-electron chi connectivity index (χ2n) is 6.66. The summed E-state index contributed by atoms with van der Waals surface area (Å²) in [6, 6.07) is 14.4. The highest BCUT2D eigenvalue weighted by Gasteiger charge is 2.26. The van der Waals surface area contributed by atoms with Crippen molar-refractivity contribution in [1.82, 2.24) is 9.88 Å². The molecule has 2 aromatic carbocycles. The molecule has 0 saturated carbocycles. The van der Waals surface area contributed by atoms with E-state index in [0.717, 1.165) is 23.4 Å². The highest BCUT2D eigenvalue weighted by atomic mass is 32.1. The molecule has 0 radical (unpaired) electrons. The van der Waals surface area contributed by atoms with Crippen LogP contribution in [0, 0.1) is 0 Å². The topological polar surface area (TPSA) is 88.3 Å². The number of carbonyl (C=O) groups is 2. The van der Waals surface area contributed by atoms with Gasteiger partial charge in [0.15, 0.2) is 0 Å². The summed E-state index contributed by atoms with van der Waals surface area (Å²) in [6.45, 7) is 1.40. The van der Waals surface area contributed by atoms with Crippen LogP contribution in [-0.2, 0) is 0 Å². The molecule has 3 aromatic rings. The number of fused-ring (bicyclic) bond motifs is 1. The fourth-order valence-corrected chi connectivity index (χ4v) is 4.59. The van der Waals surface area contributed by atoms with Crippen LogP contribution in [0.4, 0.5) is 10.5 Å². The van der Waals surface area contributed by atoms with Crippen molar-refractivity contribution in [2.24, 2.45) is 5.73 Å². The maximum absolute atomic E-state index is 12.8. The van der Waals surface area contributed by atoms with Crippen molar-refractivity contribution in [3.63, 3.8) is 0 Å². The highest BCUT2D eigenvalue weighted by molar-refractivity contribution is 7.18. The first-order chi connectivity index (χ1) is 13.1. The first-order valence-corrected chi connectivity index (χ1v) is 9.73. The van der Waals surface area contributed by atoms with Gasteiger partial charge in [-0.25, -0.2) is 9.78 Å². The number of aromatic nitrogens is 1. The lowest BCUT2D eigenvalue weighted by Crippen LogP contribution is -2.37. The molecule has 0 atom stereocenters. The molecule has 1 fully saturated rings. The van der Waals surface area contributed by atoms with Gasteiger partial charge < -0.3 is 16.0 Å².